The van der Waals surface area contributed by atoms with Crippen molar-refractivity contribution in [2.24, 2.45) is 5.16 Å². The summed E-state index contributed by atoms with van der Waals surface area (Å²) in [5.74, 6) is 0.311. The van der Waals surface area contributed by atoms with Gasteiger partial charge in [-0.2, -0.15) is 0 Å². The van der Waals surface area contributed by atoms with Crippen LogP contribution in [0.1, 0.15) is 38.2 Å². The second-order valence-electron chi connectivity index (χ2n) is 6.45. The van der Waals surface area contributed by atoms with Gasteiger partial charge in [0.15, 0.2) is 0 Å². The standard InChI is InChI=1S/C13H15NO4.C5H8O/c1-13(12(15)17-3)8-11(14-18-13)9-5-4-6-10(7-9)16-2;1-2-5-3-4(1)6-5/h4-7H,8H2,1-3H3;4-5H,1-3H2. The maximum atomic E-state index is 11.6. The van der Waals surface area contributed by atoms with E-state index in [2.05, 4.69) is 5.16 Å². The van der Waals surface area contributed by atoms with Gasteiger partial charge in [-0.1, -0.05) is 17.3 Å². The monoisotopic (exact) mass is 333 g/mol. The van der Waals surface area contributed by atoms with Crippen molar-refractivity contribution in [3.05, 3.63) is 29.8 Å². The van der Waals surface area contributed by atoms with Crippen molar-refractivity contribution in [3.8, 4) is 5.75 Å². The second-order valence-corrected chi connectivity index (χ2v) is 6.45. The molecular formula is C18H23NO5. The zero-order chi connectivity index (χ0) is 17.2. The van der Waals surface area contributed by atoms with E-state index in [1.165, 1.54) is 26.4 Å². The molecule has 1 saturated carbocycles. The minimum Gasteiger partial charge on any atom is -0.497 e. The molecule has 2 bridgehead atoms. The first-order chi connectivity index (χ1) is 11.5. The topological polar surface area (TPSA) is 66.4 Å². The Hall–Kier alpha value is -2.08. The molecule has 1 aliphatic carbocycles. The highest BCUT2D eigenvalue weighted by Crippen LogP contribution is 2.36. The van der Waals surface area contributed by atoms with Crippen molar-refractivity contribution in [3.63, 3.8) is 0 Å². The van der Waals surface area contributed by atoms with Gasteiger partial charge in [0.05, 0.1) is 32.1 Å². The van der Waals surface area contributed by atoms with Crippen LogP contribution in [0.2, 0.25) is 0 Å². The largest absolute Gasteiger partial charge is 0.497 e. The number of carbonyl (C=O) groups is 1. The fraction of sp³-hybridized carbons (Fsp3) is 0.556. The van der Waals surface area contributed by atoms with Gasteiger partial charge in [-0.3, -0.25) is 0 Å². The van der Waals surface area contributed by atoms with Crippen LogP contribution in [0.15, 0.2) is 29.4 Å². The maximum absolute atomic E-state index is 11.6. The summed E-state index contributed by atoms with van der Waals surface area (Å²) in [5, 5.41) is 3.96. The van der Waals surface area contributed by atoms with Crippen LogP contribution in [0.4, 0.5) is 0 Å². The number of nitrogens with zero attached hydrogens (tertiary/aromatic N) is 1. The van der Waals surface area contributed by atoms with Gasteiger partial charge in [-0.15, -0.1) is 0 Å². The Morgan fingerprint density at radius 1 is 1.29 bits per heavy atom. The van der Waals surface area contributed by atoms with Gasteiger partial charge in [0.2, 0.25) is 5.60 Å². The highest BCUT2D eigenvalue weighted by molar-refractivity contribution is 6.04. The SMILES string of the molecule is C1CC2CC1O2.COC(=O)C1(C)CC(c2cccc(OC)c2)=NO1. The first-order valence-corrected chi connectivity index (χ1v) is 8.17. The van der Waals surface area contributed by atoms with E-state index < -0.39 is 11.6 Å². The van der Waals surface area contributed by atoms with E-state index in [9.17, 15) is 4.79 Å². The lowest BCUT2D eigenvalue weighted by molar-refractivity contribution is -0.164. The Morgan fingerprint density at radius 2 is 2.00 bits per heavy atom. The Bertz CT molecular complexity index is 625. The molecule has 24 heavy (non-hydrogen) atoms. The molecule has 6 nitrogen and oxygen atoms in total. The van der Waals surface area contributed by atoms with Gasteiger partial charge in [-0.25, -0.2) is 4.79 Å². The summed E-state index contributed by atoms with van der Waals surface area (Å²) in [6.07, 6.45) is 5.80. The first-order valence-electron chi connectivity index (χ1n) is 8.17. The number of rotatable bonds is 3. The van der Waals surface area contributed by atoms with Crippen LogP contribution < -0.4 is 4.74 Å². The number of benzene rings is 1. The molecule has 0 N–H and O–H groups in total. The Kier molecular flexibility index (Phi) is 4.76. The molecule has 3 fully saturated rings. The van der Waals surface area contributed by atoms with Crippen LogP contribution in [0.5, 0.6) is 5.75 Å². The van der Waals surface area contributed by atoms with Crippen LogP contribution in [0, 0.1) is 0 Å². The molecular weight excluding hydrogens is 310 g/mol. The number of ether oxygens (including phenoxy) is 3. The van der Waals surface area contributed by atoms with Gasteiger partial charge < -0.3 is 19.0 Å². The number of hydrogen-bond acceptors (Lipinski definition) is 6. The Balaban J connectivity index is 0.000000231. The van der Waals surface area contributed by atoms with Crippen molar-refractivity contribution < 1.29 is 23.8 Å². The van der Waals surface area contributed by atoms with E-state index in [-0.39, 0.29) is 0 Å². The summed E-state index contributed by atoms with van der Waals surface area (Å²) in [6, 6.07) is 7.46. The van der Waals surface area contributed by atoms with Crippen LogP contribution in [0.25, 0.3) is 0 Å². The van der Waals surface area contributed by atoms with Gasteiger partial charge in [0.1, 0.15) is 5.75 Å². The maximum Gasteiger partial charge on any atom is 0.353 e. The summed E-state index contributed by atoms with van der Waals surface area (Å²) < 4.78 is 15.1. The van der Waals surface area contributed by atoms with Crippen molar-refractivity contribution >= 4 is 11.7 Å². The predicted octanol–water partition coefficient (Wildman–Crippen LogP) is 2.69. The third kappa shape index (κ3) is 3.38. The molecule has 130 valence electrons. The molecule has 3 heterocycles. The van der Waals surface area contributed by atoms with Gasteiger partial charge in [-0.05, 0) is 38.3 Å². The summed E-state index contributed by atoms with van der Waals surface area (Å²) in [7, 11) is 2.94. The highest BCUT2D eigenvalue weighted by Gasteiger charge is 2.43. The summed E-state index contributed by atoms with van der Waals surface area (Å²) in [4.78, 5) is 16.8. The first kappa shape index (κ1) is 16.8. The molecule has 6 heteroatoms. The van der Waals surface area contributed by atoms with Crippen LogP contribution in [-0.2, 0) is 19.1 Å². The lowest BCUT2D eigenvalue weighted by Crippen LogP contribution is -2.36. The molecule has 1 aromatic carbocycles. The van der Waals surface area contributed by atoms with E-state index in [1.807, 2.05) is 24.3 Å². The predicted molar refractivity (Wildman–Crippen MR) is 88.2 cm³/mol. The molecule has 0 aromatic heterocycles. The zero-order valence-corrected chi connectivity index (χ0v) is 14.3. The summed E-state index contributed by atoms with van der Waals surface area (Å²) in [6.45, 7) is 1.66. The molecule has 0 spiro atoms. The lowest BCUT2D eigenvalue weighted by Gasteiger charge is -2.23. The normalized spacial score (nSPS) is 29.5. The second kappa shape index (κ2) is 6.81. The average molecular weight is 333 g/mol. The van der Waals surface area contributed by atoms with Crippen molar-refractivity contribution in [1.82, 2.24) is 0 Å². The third-order valence-electron chi connectivity index (χ3n) is 4.60. The van der Waals surface area contributed by atoms with E-state index >= 15 is 0 Å². The molecule has 3 atom stereocenters. The van der Waals surface area contributed by atoms with Crippen molar-refractivity contribution in [2.45, 2.75) is 50.4 Å². The number of hydrogen-bond donors (Lipinski definition) is 0. The van der Waals surface area contributed by atoms with Crippen LogP contribution in [0.3, 0.4) is 0 Å². The third-order valence-corrected chi connectivity index (χ3v) is 4.60. The van der Waals surface area contributed by atoms with E-state index in [1.54, 1.807) is 14.0 Å². The Labute approximate surface area is 141 Å². The van der Waals surface area contributed by atoms with Gasteiger partial charge in [0.25, 0.3) is 0 Å². The molecule has 4 aliphatic rings. The van der Waals surface area contributed by atoms with Crippen molar-refractivity contribution in [1.29, 1.82) is 0 Å². The van der Waals surface area contributed by atoms with E-state index in [4.69, 9.17) is 19.0 Å². The van der Waals surface area contributed by atoms with E-state index in [0.29, 0.717) is 24.3 Å². The molecule has 0 radical (unpaired) electrons. The van der Waals surface area contributed by atoms with Gasteiger partial charge in [0, 0.05) is 12.0 Å². The quantitative estimate of drug-likeness (QED) is 0.796. The minimum atomic E-state index is -1.03. The highest BCUT2D eigenvalue weighted by atomic mass is 16.7. The zero-order valence-electron chi connectivity index (χ0n) is 14.3. The number of fused-ring (bicyclic) bond motifs is 1. The number of oxime groups is 1. The Morgan fingerprint density at radius 3 is 2.54 bits per heavy atom. The molecule has 0 amide bonds. The summed E-state index contributed by atoms with van der Waals surface area (Å²) in [5.41, 5.74) is 0.552. The molecule has 2 saturated heterocycles. The molecule has 3 aliphatic heterocycles. The molecule has 5 rings (SSSR count). The van der Waals surface area contributed by atoms with Gasteiger partial charge >= 0.3 is 5.97 Å². The smallest absolute Gasteiger partial charge is 0.353 e. The fourth-order valence-corrected chi connectivity index (χ4v) is 3.12. The van der Waals surface area contributed by atoms with Crippen LogP contribution >= 0.6 is 0 Å². The molecule has 1 aromatic rings. The number of carbonyl (C=O) groups excluding carboxylic acids is 1. The minimum absolute atomic E-state index is 0.382. The van der Waals surface area contributed by atoms with Crippen molar-refractivity contribution in [2.75, 3.05) is 14.2 Å². The average Bonchev–Trinajstić information content (AvgIpc) is 3.31. The van der Waals surface area contributed by atoms with E-state index in [0.717, 1.165) is 11.3 Å². The molecule has 3 unspecified atom stereocenters. The van der Waals surface area contributed by atoms with Crippen LogP contribution in [-0.4, -0.2) is 43.7 Å². The number of esters is 1. The lowest BCUT2D eigenvalue weighted by atomic mass is 9.96. The summed E-state index contributed by atoms with van der Waals surface area (Å²) >= 11 is 0. The number of methoxy groups -OCH3 is 2. The fourth-order valence-electron chi connectivity index (χ4n) is 3.12.